The Labute approximate surface area is 327 Å². The summed E-state index contributed by atoms with van der Waals surface area (Å²) in [5, 5.41) is 14.1. The molecule has 8 aliphatic carbocycles. The quantitative estimate of drug-likeness (QED) is 0.228. The van der Waals surface area contributed by atoms with Crippen LogP contribution in [-0.4, -0.2) is 49.8 Å². The molecule has 13 unspecified atom stereocenters. The fourth-order valence-electron chi connectivity index (χ4n) is 16.5. The average Bonchev–Trinajstić information content (AvgIpc) is 3.70. The van der Waals surface area contributed by atoms with Gasteiger partial charge in [0.15, 0.2) is 0 Å². The zero-order valence-electron chi connectivity index (χ0n) is 34.8. The van der Waals surface area contributed by atoms with Crippen LogP contribution in [0, 0.1) is 68.0 Å². The summed E-state index contributed by atoms with van der Waals surface area (Å²) < 4.78 is 38.6. The number of aliphatic carboxylic acids is 1. The Morgan fingerprint density at radius 2 is 1.69 bits per heavy atom. The van der Waals surface area contributed by atoms with Gasteiger partial charge in [0.25, 0.3) is 0 Å². The molecule has 0 bridgehead atoms. The van der Waals surface area contributed by atoms with Gasteiger partial charge in [-0.15, -0.1) is 0 Å². The van der Waals surface area contributed by atoms with Crippen molar-refractivity contribution < 1.29 is 22.7 Å². The second kappa shape index (κ2) is 12.8. The lowest BCUT2D eigenvalue weighted by atomic mass is 9.33. The van der Waals surface area contributed by atoms with Gasteiger partial charge in [0.05, 0.1) is 10.7 Å². The van der Waals surface area contributed by atoms with Crippen molar-refractivity contribution in [2.24, 2.45) is 68.0 Å². The number of fused-ring (bicyclic) bond motifs is 8. The molecule has 5 nitrogen and oxygen atoms in total. The normalized spacial score (nSPS) is 49.2. The van der Waals surface area contributed by atoms with Crippen molar-refractivity contribution in [3.63, 3.8) is 0 Å². The first-order valence-corrected chi connectivity index (χ1v) is 24.0. The van der Waals surface area contributed by atoms with E-state index in [2.05, 4.69) is 65.6 Å². The number of hydrogen-bond donors (Lipinski definition) is 2. The van der Waals surface area contributed by atoms with Crippen LogP contribution in [-0.2, 0) is 14.6 Å². The summed E-state index contributed by atoms with van der Waals surface area (Å²) in [7, 11) is -2.94. The minimum atomic E-state index is -2.94. The number of carboxylic acid groups (broad SMARTS) is 1. The van der Waals surface area contributed by atoms with Gasteiger partial charge in [-0.2, -0.15) is 0 Å². The highest BCUT2D eigenvalue weighted by Crippen LogP contribution is 2.77. The summed E-state index contributed by atoms with van der Waals surface area (Å²) in [4.78, 5) is 12.0. The second-order valence-electron chi connectivity index (χ2n) is 22.2. The van der Waals surface area contributed by atoms with E-state index in [1.54, 1.807) is 0 Å². The van der Waals surface area contributed by atoms with Crippen LogP contribution in [0.25, 0.3) is 0 Å². The van der Waals surface area contributed by atoms with Crippen LogP contribution in [0.2, 0.25) is 0 Å². The van der Waals surface area contributed by atoms with E-state index in [0.29, 0.717) is 60.2 Å². The maximum atomic E-state index is 14.0. The van der Waals surface area contributed by atoms with Gasteiger partial charge >= 0.3 is 5.97 Å². The number of carbonyl (C=O) groups is 1. The smallest absolute Gasteiger partial charge is 0.312 e. The van der Waals surface area contributed by atoms with E-state index in [1.165, 1.54) is 87.2 Å². The standard InChI is InChI=1S/C47H72FNO4S/c1-30(2)34-14-22-47(49-26-25-45-21-13-33(54(8,52)53)27-32(45)28-45)24-23-43(6)36(39(34)47)9-10-38-42(5)17-15-35(41(3,4)37(42)16-18-44(38,43)7)31-11-19-46(29-48,20-12-31)40(50)51/h11,15,32-34,36-39,49H,1,9-10,12-14,16-29H2,2-8H3,(H,50,51). The van der Waals surface area contributed by atoms with Gasteiger partial charge in [0, 0.05) is 11.8 Å². The third-order valence-corrected chi connectivity index (χ3v) is 21.5. The summed E-state index contributed by atoms with van der Waals surface area (Å²) in [6, 6.07) is 0. The maximum Gasteiger partial charge on any atom is 0.312 e. The average molecular weight is 766 g/mol. The lowest BCUT2D eigenvalue weighted by Crippen LogP contribution is -2.68. The molecule has 0 heterocycles. The molecule has 8 aliphatic rings. The molecule has 0 aliphatic heterocycles. The van der Waals surface area contributed by atoms with E-state index in [9.17, 15) is 22.7 Å². The fraction of sp³-hybridized carbons (Fsp3) is 0.851. The van der Waals surface area contributed by atoms with Crippen LogP contribution in [0.1, 0.15) is 151 Å². The molecule has 8 rings (SSSR count). The van der Waals surface area contributed by atoms with Gasteiger partial charge in [-0.25, -0.2) is 12.8 Å². The Kier molecular flexibility index (Phi) is 9.30. The van der Waals surface area contributed by atoms with E-state index in [4.69, 9.17) is 0 Å². The predicted octanol–water partition coefficient (Wildman–Crippen LogP) is 10.7. The van der Waals surface area contributed by atoms with Gasteiger partial charge in [0.1, 0.15) is 16.5 Å². The molecule has 2 N–H and O–H groups in total. The molecule has 0 radical (unpaired) electrons. The third-order valence-electron chi connectivity index (χ3n) is 19.9. The van der Waals surface area contributed by atoms with Gasteiger partial charge in [0.2, 0.25) is 0 Å². The molecule has 0 saturated heterocycles. The van der Waals surface area contributed by atoms with Crippen molar-refractivity contribution in [3.8, 4) is 0 Å². The molecule has 7 heteroatoms. The van der Waals surface area contributed by atoms with E-state index < -0.39 is 27.9 Å². The summed E-state index contributed by atoms with van der Waals surface area (Å²) in [6.45, 7) is 20.2. The number of nitrogens with one attached hydrogen (secondary N) is 1. The van der Waals surface area contributed by atoms with Crippen molar-refractivity contribution >= 4 is 15.8 Å². The Hall–Kier alpha value is -1.47. The zero-order valence-corrected chi connectivity index (χ0v) is 35.6. The maximum absolute atomic E-state index is 14.0. The van der Waals surface area contributed by atoms with Crippen molar-refractivity contribution in [2.75, 3.05) is 19.5 Å². The number of rotatable bonds is 9. The van der Waals surface area contributed by atoms with Crippen LogP contribution >= 0.6 is 0 Å². The third kappa shape index (κ3) is 5.54. The minimum Gasteiger partial charge on any atom is -0.481 e. The summed E-state index contributed by atoms with van der Waals surface area (Å²) in [6.07, 6.45) is 23.9. The second-order valence-corrected chi connectivity index (χ2v) is 24.5. The Balaban J connectivity index is 1.02. The molecule has 54 heavy (non-hydrogen) atoms. The number of sulfone groups is 1. The topological polar surface area (TPSA) is 83.5 Å². The van der Waals surface area contributed by atoms with E-state index >= 15 is 0 Å². The summed E-state index contributed by atoms with van der Waals surface area (Å²) in [5.74, 6) is 2.71. The first-order valence-electron chi connectivity index (χ1n) is 22.0. The first-order chi connectivity index (χ1) is 25.2. The molecule has 0 aromatic heterocycles. The largest absolute Gasteiger partial charge is 0.481 e. The fourth-order valence-corrected chi connectivity index (χ4v) is 17.6. The van der Waals surface area contributed by atoms with E-state index in [-0.39, 0.29) is 32.4 Å². The monoisotopic (exact) mass is 766 g/mol. The highest BCUT2D eigenvalue weighted by molar-refractivity contribution is 7.91. The van der Waals surface area contributed by atoms with Crippen LogP contribution < -0.4 is 5.32 Å². The Morgan fingerprint density at radius 3 is 2.31 bits per heavy atom. The van der Waals surface area contributed by atoms with Gasteiger partial charge in [-0.3, -0.25) is 4.79 Å². The van der Waals surface area contributed by atoms with Crippen molar-refractivity contribution in [1.29, 1.82) is 0 Å². The predicted molar refractivity (Wildman–Crippen MR) is 216 cm³/mol. The number of hydrogen-bond acceptors (Lipinski definition) is 4. The van der Waals surface area contributed by atoms with Crippen LogP contribution in [0.15, 0.2) is 35.5 Å². The Morgan fingerprint density at radius 1 is 0.926 bits per heavy atom. The lowest BCUT2D eigenvalue weighted by Gasteiger charge is -2.72. The Bertz CT molecular complexity index is 1750. The molecule has 0 spiro atoms. The number of alkyl halides is 1. The van der Waals surface area contributed by atoms with Gasteiger partial charge in [-0.1, -0.05) is 58.9 Å². The van der Waals surface area contributed by atoms with Crippen LogP contribution in [0.5, 0.6) is 0 Å². The molecule has 0 amide bonds. The highest BCUT2D eigenvalue weighted by atomic mass is 32.2. The number of halogens is 1. The summed E-state index contributed by atoms with van der Waals surface area (Å²) in [5.41, 5.74) is 4.11. The van der Waals surface area contributed by atoms with Gasteiger partial charge < -0.3 is 10.4 Å². The molecular weight excluding hydrogens is 694 g/mol. The molecule has 6 fully saturated rings. The number of carboxylic acids is 1. The molecular formula is C47H72FNO4S. The van der Waals surface area contributed by atoms with Crippen molar-refractivity contribution in [1.82, 2.24) is 5.32 Å². The van der Waals surface area contributed by atoms with Crippen LogP contribution in [0.3, 0.4) is 0 Å². The molecule has 6 saturated carbocycles. The minimum absolute atomic E-state index is 0.0108. The SMILES string of the molecule is C=C(C)C1CCC2(NCCC34CCC(S(C)(=O)=O)CC3C4)CCC3(C)C(CCC4C5(C)CC=C(C6=CCC(CF)(C(=O)O)CC6)C(C)(C)C5CCC43C)C12. The highest BCUT2D eigenvalue weighted by Gasteiger charge is 2.70. The van der Waals surface area contributed by atoms with E-state index in [1.807, 2.05) is 0 Å². The first kappa shape index (κ1) is 39.4. The van der Waals surface area contributed by atoms with Crippen molar-refractivity contribution in [3.05, 3.63) is 35.5 Å². The lowest BCUT2D eigenvalue weighted by molar-refractivity contribution is -0.221. The molecule has 0 aromatic carbocycles. The zero-order chi connectivity index (χ0) is 38.9. The van der Waals surface area contributed by atoms with E-state index in [0.717, 1.165) is 32.2 Å². The van der Waals surface area contributed by atoms with Crippen molar-refractivity contribution in [2.45, 2.75) is 161 Å². The number of allylic oxidation sites excluding steroid dienone is 5. The molecule has 302 valence electrons. The van der Waals surface area contributed by atoms with Gasteiger partial charge in [-0.05, 0) is 196 Å². The molecule has 0 aromatic rings. The molecule has 13 atom stereocenters. The summed E-state index contributed by atoms with van der Waals surface area (Å²) >= 11 is 0. The van der Waals surface area contributed by atoms with Crippen LogP contribution in [0.4, 0.5) is 4.39 Å².